The summed E-state index contributed by atoms with van der Waals surface area (Å²) in [6.45, 7) is 13.4. The predicted octanol–water partition coefficient (Wildman–Crippen LogP) is 10.9. The number of carbonyl (C=O) groups is 1. The number of hydrogen-bond acceptors (Lipinski definition) is 3. The zero-order valence-electron chi connectivity index (χ0n) is 27.1. The Bertz CT molecular complexity index is 1430. The molecule has 0 saturated heterocycles. The van der Waals surface area contributed by atoms with Crippen molar-refractivity contribution in [2.24, 2.45) is 22.7 Å². The van der Waals surface area contributed by atoms with Crippen LogP contribution in [0.3, 0.4) is 0 Å². The zero-order chi connectivity index (χ0) is 30.1. The molecule has 1 N–H and O–H groups in total. The van der Waals surface area contributed by atoms with Crippen molar-refractivity contribution in [2.45, 2.75) is 120 Å². The van der Waals surface area contributed by atoms with E-state index >= 15 is 0 Å². The van der Waals surface area contributed by atoms with Crippen LogP contribution in [0.1, 0.15) is 115 Å². The Morgan fingerprint density at radius 3 is 2.11 bits per heavy atom. The van der Waals surface area contributed by atoms with E-state index < -0.39 is 0 Å². The number of aryl methyl sites for hydroxylation is 4. The first kappa shape index (κ1) is 36.2. The Hall–Kier alpha value is -2.29. The third kappa shape index (κ3) is 8.70. The van der Waals surface area contributed by atoms with E-state index in [0.29, 0.717) is 16.6 Å². The van der Waals surface area contributed by atoms with Crippen LogP contribution in [-0.4, -0.2) is 15.9 Å². The fourth-order valence-corrected chi connectivity index (χ4v) is 7.32. The number of hydrogen-bond donors (Lipinski definition) is 1. The molecule has 3 aliphatic carbocycles. The number of nitrogens with zero attached hydrogens (tertiary/aromatic N) is 1. The van der Waals surface area contributed by atoms with E-state index in [1.165, 1.54) is 45.9 Å². The first-order valence-corrected chi connectivity index (χ1v) is 16.3. The van der Waals surface area contributed by atoms with Crippen molar-refractivity contribution in [3.8, 4) is 11.3 Å². The molecule has 6 rings (SSSR count). The molecule has 0 spiro atoms. The molecule has 0 atom stereocenters. The minimum Gasteiger partial charge on any atom is -0.512 e. The molecule has 241 valence electrons. The summed E-state index contributed by atoms with van der Waals surface area (Å²) in [5, 5.41) is 13.0. The molecular formula is C40H54IrNO2-. The molecule has 1 aromatic heterocycles. The van der Waals surface area contributed by atoms with Crippen LogP contribution in [0.5, 0.6) is 0 Å². The summed E-state index contributed by atoms with van der Waals surface area (Å²) in [6.07, 6.45) is 15.7. The van der Waals surface area contributed by atoms with Gasteiger partial charge in [0.2, 0.25) is 0 Å². The summed E-state index contributed by atoms with van der Waals surface area (Å²) in [6, 6.07) is 14.5. The molecule has 4 heteroatoms. The van der Waals surface area contributed by atoms with E-state index in [0.717, 1.165) is 69.0 Å². The molecule has 0 unspecified atom stereocenters. The number of pyridine rings is 1. The van der Waals surface area contributed by atoms with Crippen molar-refractivity contribution in [3.05, 3.63) is 76.7 Å². The molecular weight excluding hydrogens is 719 g/mol. The van der Waals surface area contributed by atoms with Gasteiger partial charge in [-0.05, 0) is 109 Å². The molecule has 44 heavy (non-hydrogen) atoms. The summed E-state index contributed by atoms with van der Waals surface area (Å²) < 4.78 is 0. The largest absolute Gasteiger partial charge is 0.512 e. The Morgan fingerprint density at radius 2 is 1.50 bits per heavy atom. The molecule has 2 aromatic carbocycles. The third-order valence-electron chi connectivity index (χ3n) is 10.2. The smallest absolute Gasteiger partial charge is 0.162 e. The second-order valence-corrected chi connectivity index (χ2v) is 14.9. The van der Waals surface area contributed by atoms with Crippen molar-refractivity contribution >= 4 is 16.6 Å². The van der Waals surface area contributed by atoms with Crippen molar-refractivity contribution in [1.29, 1.82) is 0 Å². The number of allylic oxidation sites excluding steroid dienone is 2. The van der Waals surface area contributed by atoms with Crippen molar-refractivity contribution in [3.63, 3.8) is 0 Å². The van der Waals surface area contributed by atoms with Crippen LogP contribution in [0.2, 0.25) is 0 Å². The summed E-state index contributed by atoms with van der Waals surface area (Å²) in [5.74, 6) is 0.857. The summed E-state index contributed by atoms with van der Waals surface area (Å²) in [5.41, 5.74) is 8.29. The zero-order valence-corrected chi connectivity index (χ0v) is 29.5. The second-order valence-electron chi connectivity index (χ2n) is 14.9. The maximum Gasteiger partial charge on any atom is 0.162 e. The van der Waals surface area contributed by atoms with E-state index in [1.54, 1.807) is 6.08 Å². The first-order valence-electron chi connectivity index (χ1n) is 16.3. The van der Waals surface area contributed by atoms with Gasteiger partial charge in [0.05, 0.1) is 5.76 Å². The van der Waals surface area contributed by atoms with Crippen LogP contribution < -0.4 is 0 Å². The van der Waals surface area contributed by atoms with Gasteiger partial charge in [-0.3, -0.25) is 4.79 Å². The van der Waals surface area contributed by atoms with Crippen molar-refractivity contribution in [2.75, 3.05) is 0 Å². The van der Waals surface area contributed by atoms with Gasteiger partial charge >= 0.3 is 0 Å². The van der Waals surface area contributed by atoms with Crippen LogP contribution in [0.4, 0.5) is 0 Å². The van der Waals surface area contributed by atoms with Crippen LogP contribution in [0.15, 0.2) is 48.4 Å². The Balaban J connectivity index is 0.000000230. The van der Waals surface area contributed by atoms with E-state index in [4.69, 9.17) is 4.98 Å². The summed E-state index contributed by atoms with van der Waals surface area (Å²) in [4.78, 5) is 17.1. The van der Waals surface area contributed by atoms with Crippen molar-refractivity contribution < 1.29 is 30.0 Å². The monoisotopic (exact) mass is 773 g/mol. The minimum absolute atomic E-state index is 0. The van der Waals surface area contributed by atoms with Gasteiger partial charge in [0, 0.05) is 44.2 Å². The van der Waals surface area contributed by atoms with Gasteiger partial charge in [-0.15, -0.1) is 34.9 Å². The summed E-state index contributed by atoms with van der Waals surface area (Å²) >= 11 is 0. The van der Waals surface area contributed by atoms with Crippen LogP contribution >= 0.6 is 0 Å². The van der Waals surface area contributed by atoms with Gasteiger partial charge in [0.15, 0.2) is 5.78 Å². The van der Waals surface area contributed by atoms with Gasteiger partial charge in [0.1, 0.15) is 0 Å². The number of aliphatic hydroxyl groups is 1. The Labute approximate surface area is 280 Å². The maximum atomic E-state index is 12.4. The van der Waals surface area contributed by atoms with E-state index in [-0.39, 0.29) is 45.2 Å². The molecule has 3 aliphatic rings. The number of rotatable bonds is 4. The van der Waals surface area contributed by atoms with E-state index in [1.807, 2.05) is 0 Å². The second kappa shape index (κ2) is 14.9. The predicted molar refractivity (Wildman–Crippen MR) is 181 cm³/mol. The summed E-state index contributed by atoms with van der Waals surface area (Å²) in [7, 11) is 0. The SMILES string of the molecule is C.CC1(C)CCC(C(=O)C=C(O)C2CCC(C)(C)CC2)CC1.Cc1[c-]c(-c2ncc3c4c(cccc24)CCC3)cc(C)c1.[Ir]. The molecule has 0 bridgehead atoms. The molecule has 1 radical (unpaired) electrons. The Kier molecular flexibility index (Phi) is 12.2. The normalized spacial score (nSPS) is 19.6. The quantitative estimate of drug-likeness (QED) is 0.163. The Morgan fingerprint density at radius 1 is 0.909 bits per heavy atom. The minimum atomic E-state index is 0. The first-order chi connectivity index (χ1) is 19.9. The van der Waals surface area contributed by atoms with Gasteiger partial charge in [-0.25, -0.2) is 0 Å². The molecule has 0 amide bonds. The topological polar surface area (TPSA) is 50.2 Å². The molecule has 3 nitrogen and oxygen atoms in total. The fraction of sp³-hybridized carbons (Fsp3) is 0.550. The number of carbonyl (C=O) groups excluding carboxylic acids is 1. The van der Waals surface area contributed by atoms with Crippen LogP contribution in [0, 0.1) is 42.6 Å². The number of aliphatic hydroxyl groups excluding tert-OH is 1. The molecule has 2 fully saturated rings. The van der Waals surface area contributed by atoms with Crippen molar-refractivity contribution in [1.82, 2.24) is 4.98 Å². The molecule has 3 aromatic rings. The third-order valence-corrected chi connectivity index (χ3v) is 10.2. The van der Waals surface area contributed by atoms with Gasteiger partial charge in [0.25, 0.3) is 0 Å². The number of ketones is 1. The number of aromatic nitrogens is 1. The van der Waals surface area contributed by atoms with E-state index in [9.17, 15) is 9.90 Å². The van der Waals surface area contributed by atoms with E-state index in [2.05, 4.69) is 84.1 Å². The molecule has 1 heterocycles. The standard InChI is InChI=1S/C20H18N.C19H32O2.CH4.Ir/c1-13-9-14(2)11-17(10-13)20-18-8-4-6-15-5-3-7-16(12-21-20)19(15)18;1-18(2)9-5-14(6-10-18)16(20)13-17(21)15-7-11-19(3,4)12-8-15;;/h4,6,8-10,12H,3,5,7H2,1-2H3;13-15,20H,5-12H2,1-4H3;1H4;/q-1;;;. The average Bonchev–Trinajstić information content (AvgIpc) is 2.93. The molecule has 2 saturated carbocycles. The van der Waals surface area contributed by atoms with Gasteiger partial charge in [-0.1, -0.05) is 67.2 Å². The van der Waals surface area contributed by atoms with Crippen LogP contribution in [0.25, 0.3) is 22.0 Å². The van der Waals surface area contributed by atoms with Gasteiger partial charge < -0.3 is 10.1 Å². The fourth-order valence-electron chi connectivity index (χ4n) is 7.32. The maximum absolute atomic E-state index is 12.4. The van der Waals surface area contributed by atoms with Crippen LogP contribution in [-0.2, 0) is 37.7 Å². The van der Waals surface area contributed by atoms with Gasteiger partial charge in [-0.2, -0.15) is 0 Å². The molecule has 0 aliphatic heterocycles. The number of benzene rings is 2. The average molecular weight is 773 g/mol.